The normalized spacial score (nSPS) is 11.8. The highest BCUT2D eigenvalue weighted by Crippen LogP contribution is 2.19. The summed E-state index contributed by atoms with van der Waals surface area (Å²) in [7, 11) is 0. The Kier molecular flexibility index (Phi) is 6.18. The molecule has 0 bridgehead atoms. The summed E-state index contributed by atoms with van der Waals surface area (Å²) < 4.78 is 5.62. The van der Waals surface area contributed by atoms with Crippen molar-refractivity contribution in [3.63, 3.8) is 0 Å². The fraction of sp³-hybridized carbons (Fsp3) is 0.316. The van der Waals surface area contributed by atoms with Crippen LogP contribution in [0.3, 0.4) is 0 Å². The summed E-state index contributed by atoms with van der Waals surface area (Å²) in [4.78, 5) is 12.3. The van der Waals surface area contributed by atoms with Crippen LogP contribution in [0.25, 0.3) is 0 Å². The van der Waals surface area contributed by atoms with E-state index in [1.54, 1.807) is 31.2 Å². The highest BCUT2D eigenvalue weighted by molar-refractivity contribution is 6.04. The van der Waals surface area contributed by atoms with Crippen LogP contribution in [-0.2, 0) is 0 Å². The lowest BCUT2D eigenvalue weighted by Crippen LogP contribution is -2.12. The third kappa shape index (κ3) is 5.11. The summed E-state index contributed by atoms with van der Waals surface area (Å²) in [6.45, 7) is 4.45. The van der Waals surface area contributed by atoms with Gasteiger partial charge in [0.15, 0.2) is 0 Å². The standard InChI is InChI=1S/C19H23NO3/c1-3-4-11-23-18-10-6-8-16(13-18)19(22)20-17-9-5-7-15(12-17)14(2)21/h5-10,12-14,21H,3-4,11H2,1-2H3,(H,20,22). The van der Waals surface area contributed by atoms with Crippen molar-refractivity contribution in [2.24, 2.45) is 0 Å². The van der Waals surface area contributed by atoms with E-state index in [0.29, 0.717) is 23.6 Å². The Morgan fingerprint density at radius 3 is 2.74 bits per heavy atom. The SMILES string of the molecule is CCCCOc1cccc(C(=O)Nc2cccc(C(C)O)c2)c1. The molecule has 0 saturated heterocycles. The summed E-state index contributed by atoms with van der Waals surface area (Å²) in [5, 5.41) is 12.5. The molecule has 0 aliphatic rings. The van der Waals surface area contributed by atoms with Gasteiger partial charge in [-0.25, -0.2) is 0 Å². The first-order chi connectivity index (χ1) is 11.1. The van der Waals surface area contributed by atoms with Crippen LogP contribution in [0.1, 0.15) is 48.7 Å². The highest BCUT2D eigenvalue weighted by atomic mass is 16.5. The maximum Gasteiger partial charge on any atom is 0.255 e. The van der Waals surface area contributed by atoms with Gasteiger partial charge in [0.1, 0.15) is 5.75 Å². The van der Waals surface area contributed by atoms with Crippen molar-refractivity contribution in [1.29, 1.82) is 0 Å². The first kappa shape index (κ1) is 17.0. The molecule has 0 heterocycles. The number of anilines is 1. The molecule has 0 aliphatic carbocycles. The molecule has 0 aliphatic heterocycles. The van der Waals surface area contributed by atoms with Gasteiger partial charge in [0, 0.05) is 11.3 Å². The fourth-order valence-corrected chi connectivity index (χ4v) is 2.14. The molecule has 1 unspecified atom stereocenters. The monoisotopic (exact) mass is 313 g/mol. The van der Waals surface area contributed by atoms with E-state index in [1.165, 1.54) is 0 Å². The number of benzene rings is 2. The van der Waals surface area contributed by atoms with Crippen LogP contribution in [0.5, 0.6) is 5.75 Å². The number of carbonyl (C=O) groups is 1. The molecule has 0 fully saturated rings. The van der Waals surface area contributed by atoms with E-state index < -0.39 is 6.10 Å². The minimum absolute atomic E-state index is 0.200. The van der Waals surface area contributed by atoms with Gasteiger partial charge in [-0.2, -0.15) is 0 Å². The smallest absolute Gasteiger partial charge is 0.255 e. The second-order valence-corrected chi connectivity index (χ2v) is 5.49. The third-order valence-electron chi connectivity index (χ3n) is 3.49. The summed E-state index contributed by atoms with van der Waals surface area (Å²) in [5.41, 5.74) is 1.96. The van der Waals surface area contributed by atoms with Gasteiger partial charge in [-0.3, -0.25) is 4.79 Å². The number of nitrogens with one attached hydrogen (secondary N) is 1. The predicted molar refractivity (Wildman–Crippen MR) is 91.9 cm³/mol. The van der Waals surface area contributed by atoms with E-state index in [-0.39, 0.29) is 5.91 Å². The number of hydrogen-bond donors (Lipinski definition) is 2. The zero-order valence-electron chi connectivity index (χ0n) is 13.6. The molecule has 4 nitrogen and oxygen atoms in total. The Hall–Kier alpha value is -2.33. The number of hydrogen-bond acceptors (Lipinski definition) is 3. The van der Waals surface area contributed by atoms with Crippen molar-refractivity contribution >= 4 is 11.6 Å². The average Bonchev–Trinajstić information content (AvgIpc) is 2.55. The predicted octanol–water partition coefficient (Wildman–Crippen LogP) is 4.17. The van der Waals surface area contributed by atoms with Crippen LogP contribution in [0.4, 0.5) is 5.69 Å². The largest absolute Gasteiger partial charge is 0.494 e. The maximum atomic E-state index is 12.3. The van der Waals surface area contributed by atoms with Crippen LogP contribution in [0, 0.1) is 0 Å². The lowest BCUT2D eigenvalue weighted by Gasteiger charge is -2.10. The van der Waals surface area contributed by atoms with Crippen molar-refractivity contribution in [3.8, 4) is 5.75 Å². The number of carbonyl (C=O) groups excluding carboxylic acids is 1. The number of rotatable bonds is 7. The average molecular weight is 313 g/mol. The Morgan fingerprint density at radius 1 is 1.22 bits per heavy atom. The maximum absolute atomic E-state index is 12.3. The van der Waals surface area contributed by atoms with E-state index in [1.807, 2.05) is 24.3 Å². The number of amides is 1. The van der Waals surface area contributed by atoms with Gasteiger partial charge in [-0.1, -0.05) is 31.5 Å². The van der Waals surface area contributed by atoms with E-state index in [2.05, 4.69) is 12.2 Å². The van der Waals surface area contributed by atoms with Crippen LogP contribution in [-0.4, -0.2) is 17.6 Å². The molecule has 4 heteroatoms. The molecule has 2 aromatic carbocycles. The minimum atomic E-state index is -0.567. The summed E-state index contributed by atoms with van der Waals surface area (Å²) in [6.07, 6.45) is 1.49. The lowest BCUT2D eigenvalue weighted by atomic mass is 10.1. The number of ether oxygens (including phenoxy) is 1. The number of aliphatic hydroxyl groups excluding tert-OH is 1. The highest BCUT2D eigenvalue weighted by Gasteiger charge is 2.09. The van der Waals surface area contributed by atoms with Crippen molar-refractivity contribution in [2.75, 3.05) is 11.9 Å². The van der Waals surface area contributed by atoms with E-state index >= 15 is 0 Å². The zero-order chi connectivity index (χ0) is 16.7. The molecular weight excluding hydrogens is 290 g/mol. The molecule has 2 N–H and O–H groups in total. The molecule has 0 radical (unpaired) electrons. The van der Waals surface area contributed by atoms with Gasteiger partial charge in [0.25, 0.3) is 5.91 Å². The van der Waals surface area contributed by atoms with Gasteiger partial charge < -0.3 is 15.2 Å². The Bertz CT molecular complexity index is 653. The molecule has 122 valence electrons. The molecule has 1 amide bonds. The minimum Gasteiger partial charge on any atom is -0.494 e. The summed E-state index contributed by atoms with van der Waals surface area (Å²) in [6, 6.07) is 14.3. The van der Waals surface area contributed by atoms with E-state index in [0.717, 1.165) is 18.4 Å². The molecular formula is C19H23NO3. The van der Waals surface area contributed by atoms with Crippen LogP contribution in [0.2, 0.25) is 0 Å². The molecule has 2 aromatic rings. The van der Waals surface area contributed by atoms with Gasteiger partial charge in [-0.15, -0.1) is 0 Å². The van der Waals surface area contributed by atoms with Crippen LogP contribution < -0.4 is 10.1 Å². The van der Waals surface area contributed by atoms with Gasteiger partial charge in [-0.05, 0) is 49.2 Å². The third-order valence-corrected chi connectivity index (χ3v) is 3.49. The molecule has 2 rings (SSSR count). The van der Waals surface area contributed by atoms with Crippen molar-refractivity contribution < 1.29 is 14.6 Å². The topological polar surface area (TPSA) is 58.6 Å². The number of aliphatic hydroxyl groups is 1. The number of unbranched alkanes of at least 4 members (excludes halogenated alkanes) is 1. The fourth-order valence-electron chi connectivity index (χ4n) is 2.14. The first-order valence-corrected chi connectivity index (χ1v) is 7.92. The summed E-state index contributed by atoms with van der Waals surface area (Å²) in [5.74, 6) is 0.498. The van der Waals surface area contributed by atoms with Crippen molar-refractivity contribution in [3.05, 3.63) is 59.7 Å². The second kappa shape index (κ2) is 8.34. The molecule has 23 heavy (non-hydrogen) atoms. The van der Waals surface area contributed by atoms with E-state index in [9.17, 15) is 9.90 Å². The zero-order valence-corrected chi connectivity index (χ0v) is 13.6. The van der Waals surface area contributed by atoms with Gasteiger partial charge in [0.05, 0.1) is 12.7 Å². The van der Waals surface area contributed by atoms with Crippen LogP contribution in [0.15, 0.2) is 48.5 Å². The van der Waals surface area contributed by atoms with Gasteiger partial charge in [0.2, 0.25) is 0 Å². The first-order valence-electron chi connectivity index (χ1n) is 7.92. The summed E-state index contributed by atoms with van der Waals surface area (Å²) >= 11 is 0. The lowest BCUT2D eigenvalue weighted by molar-refractivity contribution is 0.102. The molecule has 0 spiro atoms. The Balaban J connectivity index is 2.05. The quantitative estimate of drug-likeness (QED) is 0.754. The molecule has 0 aromatic heterocycles. The molecule has 1 atom stereocenters. The Labute approximate surface area is 137 Å². The van der Waals surface area contributed by atoms with Crippen molar-refractivity contribution in [2.45, 2.75) is 32.8 Å². The van der Waals surface area contributed by atoms with Crippen LogP contribution >= 0.6 is 0 Å². The van der Waals surface area contributed by atoms with E-state index in [4.69, 9.17) is 4.74 Å². The Morgan fingerprint density at radius 2 is 2.00 bits per heavy atom. The second-order valence-electron chi connectivity index (χ2n) is 5.49. The van der Waals surface area contributed by atoms with Gasteiger partial charge >= 0.3 is 0 Å². The molecule has 0 saturated carbocycles. The van der Waals surface area contributed by atoms with Crippen molar-refractivity contribution in [1.82, 2.24) is 0 Å².